The molecule has 27 heavy (non-hydrogen) atoms. The molecule has 0 spiro atoms. The summed E-state index contributed by atoms with van der Waals surface area (Å²) in [5.74, 6) is -0.121. The summed E-state index contributed by atoms with van der Waals surface area (Å²) in [7, 11) is 0. The van der Waals surface area contributed by atoms with Gasteiger partial charge in [0.1, 0.15) is 6.10 Å². The average molecular weight is 397 g/mol. The molecule has 0 saturated carbocycles. The van der Waals surface area contributed by atoms with Crippen molar-refractivity contribution in [2.24, 2.45) is 0 Å². The number of alkyl halides is 3. The molecule has 1 atom stereocenters. The highest BCUT2D eigenvalue weighted by atomic mass is 32.2. The normalized spacial score (nSPS) is 17.6. The molecule has 1 aromatic heterocycles. The molecule has 0 bridgehead atoms. The lowest BCUT2D eigenvalue weighted by molar-refractivity contribution is -0.141. The first kappa shape index (κ1) is 19.5. The van der Waals surface area contributed by atoms with Gasteiger partial charge in [-0.3, -0.25) is 4.79 Å². The minimum absolute atomic E-state index is 0.121. The lowest BCUT2D eigenvalue weighted by Gasteiger charge is -2.32. The van der Waals surface area contributed by atoms with Crippen molar-refractivity contribution in [2.45, 2.75) is 30.0 Å². The highest BCUT2D eigenvalue weighted by Crippen LogP contribution is 2.28. The molecular formula is C18H18F3N3O2S. The average Bonchev–Trinajstić information content (AvgIpc) is 2.67. The number of carbonyl (C=O) groups excluding carboxylic acids is 1. The number of thioether (sulfide) groups is 1. The molecule has 1 aliphatic rings. The van der Waals surface area contributed by atoms with E-state index in [1.54, 1.807) is 22.7 Å². The molecule has 0 radical (unpaired) electrons. The number of hydrogen-bond donors (Lipinski definition) is 0. The molecule has 2 heterocycles. The quantitative estimate of drug-likeness (QED) is 0.733. The van der Waals surface area contributed by atoms with E-state index in [0.717, 1.165) is 17.2 Å². The third kappa shape index (κ3) is 4.91. The van der Waals surface area contributed by atoms with Gasteiger partial charge in [0.2, 0.25) is 0 Å². The summed E-state index contributed by atoms with van der Waals surface area (Å²) in [5, 5.41) is 0. The van der Waals surface area contributed by atoms with E-state index in [4.69, 9.17) is 4.74 Å². The zero-order valence-electron chi connectivity index (χ0n) is 14.6. The fraction of sp³-hybridized carbons (Fsp3) is 0.389. The molecule has 1 unspecified atom stereocenters. The van der Waals surface area contributed by atoms with E-state index < -0.39 is 18.0 Å². The number of nitrogens with zero attached hydrogens (tertiary/aromatic N) is 3. The molecule has 2 aromatic rings. The molecule has 1 fully saturated rings. The van der Waals surface area contributed by atoms with Crippen LogP contribution >= 0.6 is 11.8 Å². The van der Waals surface area contributed by atoms with Crippen LogP contribution in [-0.2, 0) is 6.18 Å². The van der Waals surface area contributed by atoms with Crippen LogP contribution in [0.25, 0.3) is 0 Å². The third-order valence-electron chi connectivity index (χ3n) is 4.18. The maximum absolute atomic E-state index is 12.8. The van der Waals surface area contributed by atoms with Crippen LogP contribution in [0, 0.1) is 0 Å². The van der Waals surface area contributed by atoms with Gasteiger partial charge in [-0.15, -0.1) is 11.8 Å². The molecule has 3 rings (SSSR count). The number of halogens is 3. The Bertz CT molecular complexity index is 816. The number of hydrogen-bond acceptors (Lipinski definition) is 5. The van der Waals surface area contributed by atoms with Crippen molar-refractivity contribution in [3.63, 3.8) is 0 Å². The number of benzene rings is 1. The van der Waals surface area contributed by atoms with E-state index >= 15 is 0 Å². The Balaban J connectivity index is 1.68. The van der Waals surface area contributed by atoms with Gasteiger partial charge in [-0.25, -0.2) is 4.98 Å². The number of likely N-dealkylation sites (tertiary alicyclic amines) is 1. The van der Waals surface area contributed by atoms with Crippen LogP contribution in [0.5, 0.6) is 6.01 Å². The summed E-state index contributed by atoms with van der Waals surface area (Å²) in [6.45, 7) is 0.855. The standard InChI is InChI=1S/C18H18F3N3O2S/c1-27-14-6-2-4-12(10-14)16(25)24-9-3-5-13(11-24)26-17-22-8-7-15(23-17)18(19,20)21/h2,4,6-8,10,13H,3,5,9,11H2,1H3. The minimum atomic E-state index is -4.56. The van der Waals surface area contributed by atoms with Gasteiger partial charge in [-0.1, -0.05) is 6.07 Å². The number of aromatic nitrogens is 2. The first-order chi connectivity index (χ1) is 12.9. The van der Waals surface area contributed by atoms with Crippen molar-refractivity contribution in [3.8, 4) is 6.01 Å². The Labute approximate surface area is 158 Å². The maximum Gasteiger partial charge on any atom is 0.433 e. The van der Waals surface area contributed by atoms with E-state index in [-0.39, 0.29) is 18.5 Å². The molecule has 1 saturated heterocycles. The van der Waals surface area contributed by atoms with Gasteiger partial charge in [-0.05, 0) is 43.4 Å². The van der Waals surface area contributed by atoms with E-state index in [0.29, 0.717) is 24.9 Å². The van der Waals surface area contributed by atoms with Gasteiger partial charge in [0.15, 0.2) is 5.69 Å². The Kier molecular flexibility index (Phi) is 5.88. The zero-order valence-corrected chi connectivity index (χ0v) is 15.4. The van der Waals surface area contributed by atoms with Gasteiger partial charge < -0.3 is 9.64 Å². The van der Waals surface area contributed by atoms with Crippen molar-refractivity contribution < 1.29 is 22.7 Å². The predicted molar refractivity (Wildman–Crippen MR) is 94.8 cm³/mol. The fourth-order valence-electron chi connectivity index (χ4n) is 2.86. The molecule has 1 aromatic carbocycles. The first-order valence-corrected chi connectivity index (χ1v) is 9.59. The van der Waals surface area contributed by atoms with E-state index in [9.17, 15) is 18.0 Å². The van der Waals surface area contributed by atoms with Crippen LogP contribution in [0.4, 0.5) is 13.2 Å². The van der Waals surface area contributed by atoms with Crippen LogP contribution in [0.2, 0.25) is 0 Å². The third-order valence-corrected chi connectivity index (χ3v) is 4.90. The molecule has 144 valence electrons. The second kappa shape index (κ2) is 8.16. The topological polar surface area (TPSA) is 55.3 Å². The lowest BCUT2D eigenvalue weighted by atomic mass is 10.1. The SMILES string of the molecule is CSc1cccc(C(=O)N2CCCC(Oc3nccc(C(F)(F)F)n3)C2)c1. The Morgan fingerprint density at radius 1 is 1.33 bits per heavy atom. The van der Waals surface area contributed by atoms with Gasteiger partial charge >= 0.3 is 12.2 Å². The summed E-state index contributed by atoms with van der Waals surface area (Å²) in [6, 6.07) is 7.80. The number of carbonyl (C=O) groups is 1. The van der Waals surface area contributed by atoms with Crippen LogP contribution in [0.1, 0.15) is 28.9 Å². The fourth-order valence-corrected chi connectivity index (χ4v) is 3.32. The Hall–Kier alpha value is -2.29. The summed E-state index contributed by atoms with van der Waals surface area (Å²) >= 11 is 1.55. The molecule has 1 aliphatic heterocycles. The highest BCUT2D eigenvalue weighted by Gasteiger charge is 2.33. The summed E-state index contributed by atoms with van der Waals surface area (Å²) in [5.41, 5.74) is -0.469. The highest BCUT2D eigenvalue weighted by molar-refractivity contribution is 7.98. The van der Waals surface area contributed by atoms with Crippen molar-refractivity contribution in [1.29, 1.82) is 0 Å². The lowest BCUT2D eigenvalue weighted by Crippen LogP contribution is -2.44. The van der Waals surface area contributed by atoms with Crippen molar-refractivity contribution >= 4 is 17.7 Å². The molecule has 1 amide bonds. The smallest absolute Gasteiger partial charge is 0.433 e. The predicted octanol–water partition coefficient (Wildman–Crippen LogP) is 3.90. The Morgan fingerprint density at radius 3 is 2.89 bits per heavy atom. The van der Waals surface area contributed by atoms with Crippen LogP contribution in [0.3, 0.4) is 0 Å². The number of amides is 1. The summed E-state index contributed by atoms with van der Waals surface area (Å²) in [6.07, 6.45) is -0.743. The second-order valence-electron chi connectivity index (χ2n) is 6.09. The number of rotatable bonds is 4. The van der Waals surface area contributed by atoms with Crippen molar-refractivity contribution in [1.82, 2.24) is 14.9 Å². The first-order valence-electron chi connectivity index (χ1n) is 8.37. The van der Waals surface area contributed by atoms with Crippen molar-refractivity contribution in [3.05, 3.63) is 47.8 Å². The largest absolute Gasteiger partial charge is 0.458 e. The number of piperidine rings is 1. The molecule has 0 aliphatic carbocycles. The van der Waals surface area contributed by atoms with E-state index in [1.807, 2.05) is 24.5 Å². The van der Waals surface area contributed by atoms with Crippen LogP contribution < -0.4 is 4.74 Å². The van der Waals surface area contributed by atoms with Crippen LogP contribution in [0.15, 0.2) is 41.4 Å². The molecular weight excluding hydrogens is 379 g/mol. The van der Waals surface area contributed by atoms with Gasteiger partial charge in [0.25, 0.3) is 5.91 Å². The van der Waals surface area contributed by atoms with E-state index in [1.165, 1.54) is 0 Å². The zero-order chi connectivity index (χ0) is 19.4. The molecule has 9 heteroatoms. The van der Waals surface area contributed by atoms with Crippen molar-refractivity contribution in [2.75, 3.05) is 19.3 Å². The molecule has 0 N–H and O–H groups in total. The summed E-state index contributed by atoms with van der Waals surface area (Å²) in [4.78, 5) is 22.6. The Morgan fingerprint density at radius 2 is 2.15 bits per heavy atom. The monoisotopic (exact) mass is 397 g/mol. The van der Waals surface area contributed by atoms with E-state index in [2.05, 4.69) is 9.97 Å². The number of ether oxygens (including phenoxy) is 1. The van der Waals surface area contributed by atoms with Crippen LogP contribution in [-0.4, -0.2) is 46.2 Å². The summed E-state index contributed by atoms with van der Waals surface area (Å²) < 4.78 is 43.8. The molecule has 5 nitrogen and oxygen atoms in total. The van der Waals surface area contributed by atoms with Gasteiger partial charge in [0, 0.05) is 23.2 Å². The van der Waals surface area contributed by atoms with Gasteiger partial charge in [-0.2, -0.15) is 18.2 Å². The minimum Gasteiger partial charge on any atom is -0.458 e. The maximum atomic E-state index is 12.8. The second-order valence-corrected chi connectivity index (χ2v) is 6.97. The van der Waals surface area contributed by atoms with Gasteiger partial charge in [0.05, 0.1) is 6.54 Å².